The molecule has 0 aromatic heterocycles. The Morgan fingerprint density at radius 2 is 1.56 bits per heavy atom. The van der Waals surface area contributed by atoms with Gasteiger partial charge in [-0.15, -0.1) is 0 Å². The van der Waals surface area contributed by atoms with Gasteiger partial charge in [0.2, 0.25) is 5.91 Å². The number of carbonyl (C=O) groups is 3. The predicted molar refractivity (Wildman–Crippen MR) is 136 cm³/mol. The Morgan fingerprint density at radius 1 is 0.917 bits per heavy atom. The van der Waals surface area contributed by atoms with Gasteiger partial charge in [-0.25, -0.2) is 4.79 Å². The molecule has 0 spiro atoms. The molecule has 7 nitrogen and oxygen atoms in total. The molecule has 4 aliphatic rings. The highest BCUT2D eigenvalue weighted by molar-refractivity contribution is 5.95. The molecule has 0 aliphatic heterocycles. The van der Waals surface area contributed by atoms with Crippen molar-refractivity contribution in [2.45, 2.75) is 58.4 Å². The molecule has 0 unspecified atom stereocenters. The standard InChI is InChI=1S/C29H34N2O5/c1-2-35-28(34)36-24-9-7-22(8-10-24)27(33)30-18-23-5-3-4-6-25(23)31-26(32)17-29-14-19-11-20(15-29)13-21(12-19)16-29/h3-10,19-21H,2,11-18H2,1H3,(H,30,33)(H,31,32). The summed E-state index contributed by atoms with van der Waals surface area (Å²) < 4.78 is 9.77. The van der Waals surface area contributed by atoms with Crippen LogP contribution in [0.1, 0.15) is 67.8 Å². The molecule has 0 saturated heterocycles. The second kappa shape index (κ2) is 10.3. The summed E-state index contributed by atoms with van der Waals surface area (Å²) in [4.78, 5) is 37.2. The minimum absolute atomic E-state index is 0.0768. The van der Waals surface area contributed by atoms with Crippen molar-refractivity contribution in [3.8, 4) is 5.75 Å². The SMILES string of the molecule is CCOC(=O)Oc1ccc(C(=O)NCc2ccccc2NC(=O)CC23CC4CC(CC(C4)C2)C3)cc1. The molecular weight excluding hydrogens is 456 g/mol. The van der Waals surface area contributed by atoms with Gasteiger partial charge in [0.15, 0.2) is 0 Å². The van der Waals surface area contributed by atoms with E-state index in [1.807, 2.05) is 24.3 Å². The number of ether oxygens (including phenoxy) is 2. The Morgan fingerprint density at radius 3 is 2.19 bits per heavy atom. The molecule has 7 heteroatoms. The highest BCUT2D eigenvalue weighted by Crippen LogP contribution is 2.61. The smallest absolute Gasteiger partial charge is 0.434 e. The Bertz CT molecular complexity index is 1090. The first kappa shape index (κ1) is 24.3. The summed E-state index contributed by atoms with van der Waals surface area (Å²) in [5, 5.41) is 6.05. The Hall–Kier alpha value is -3.35. The van der Waals surface area contributed by atoms with Crippen molar-refractivity contribution >= 4 is 23.7 Å². The summed E-state index contributed by atoms with van der Waals surface area (Å²) >= 11 is 0. The maximum Gasteiger partial charge on any atom is 0.513 e. The Balaban J connectivity index is 1.16. The zero-order valence-electron chi connectivity index (χ0n) is 20.8. The Labute approximate surface area is 211 Å². The van der Waals surface area contributed by atoms with Gasteiger partial charge in [-0.3, -0.25) is 9.59 Å². The summed E-state index contributed by atoms with van der Waals surface area (Å²) in [7, 11) is 0. The van der Waals surface area contributed by atoms with Gasteiger partial charge >= 0.3 is 6.16 Å². The van der Waals surface area contributed by atoms with Crippen LogP contribution in [0.2, 0.25) is 0 Å². The highest BCUT2D eigenvalue weighted by atomic mass is 16.7. The molecule has 2 amide bonds. The molecular formula is C29H34N2O5. The van der Waals surface area contributed by atoms with E-state index in [2.05, 4.69) is 10.6 Å². The fraction of sp³-hybridized carbons (Fsp3) is 0.483. The number of amides is 2. The number of benzene rings is 2. The van der Waals surface area contributed by atoms with E-state index in [-0.39, 0.29) is 30.4 Å². The number of carbonyl (C=O) groups excluding carboxylic acids is 3. The number of nitrogens with one attached hydrogen (secondary N) is 2. The van der Waals surface area contributed by atoms with Crippen molar-refractivity contribution in [1.29, 1.82) is 0 Å². The molecule has 4 bridgehead atoms. The van der Waals surface area contributed by atoms with Crippen LogP contribution in [0.15, 0.2) is 48.5 Å². The van der Waals surface area contributed by atoms with Crippen LogP contribution in [0.5, 0.6) is 5.75 Å². The zero-order valence-corrected chi connectivity index (χ0v) is 20.8. The van der Waals surface area contributed by atoms with Gasteiger partial charge in [-0.1, -0.05) is 18.2 Å². The van der Waals surface area contributed by atoms with E-state index in [4.69, 9.17) is 9.47 Å². The van der Waals surface area contributed by atoms with Crippen LogP contribution < -0.4 is 15.4 Å². The van der Waals surface area contributed by atoms with Crippen molar-refractivity contribution in [1.82, 2.24) is 5.32 Å². The molecule has 4 aliphatic carbocycles. The molecule has 36 heavy (non-hydrogen) atoms. The summed E-state index contributed by atoms with van der Waals surface area (Å²) in [6, 6.07) is 13.9. The van der Waals surface area contributed by atoms with Gasteiger partial charge in [0, 0.05) is 24.2 Å². The average molecular weight is 491 g/mol. The van der Waals surface area contributed by atoms with Crippen LogP contribution in [0.25, 0.3) is 0 Å². The minimum Gasteiger partial charge on any atom is -0.434 e. The lowest BCUT2D eigenvalue weighted by molar-refractivity contribution is -0.124. The first-order valence-electron chi connectivity index (χ1n) is 13.0. The first-order chi connectivity index (χ1) is 17.4. The number of rotatable bonds is 8. The maximum absolute atomic E-state index is 13.1. The number of hydrogen-bond acceptors (Lipinski definition) is 5. The largest absolute Gasteiger partial charge is 0.513 e. The summed E-state index contributed by atoms with van der Waals surface area (Å²) in [5.41, 5.74) is 2.22. The third kappa shape index (κ3) is 5.55. The molecule has 2 N–H and O–H groups in total. The van der Waals surface area contributed by atoms with Gasteiger partial charge in [-0.05, 0) is 105 Å². The lowest BCUT2D eigenvalue weighted by Crippen LogP contribution is -2.47. The van der Waals surface area contributed by atoms with Gasteiger partial charge in [0.1, 0.15) is 5.75 Å². The van der Waals surface area contributed by atoms with E-state index < -0.39 is 6.16 Å². The maximum atomic E-state index is 13.1. The lowest BCUT2D eigenvalue weighted by atomic mass is 9.49. The molecule has 6 rings (SSSR count). The summed E-state index contributed by atoms with van der Waals surface area (Å²) in [5.74, 6) is 2.57. The van der Waals surface area contributed by atoms with E-state index in [0.29, 0.717) is 17.7 Å². The molecule has 0 radical (unpaired) electrons. The monoisotopic (exact) mass is 490 g/mol. The van der Waals surface area contributed by atoms with Gasteiger partial charge < -0.3 is 20.1 Å². The number of anilines is 1. The van der Waals surface area contributed by atoms with Crippen molar-refractivity contribution in [2.24, 2.45) is 23.2 Å². The van der Waals surface area contributed by atoms with Crippen molar-refractivity contribution in [3.05, 3.63) is 59.7 Å². The second-order valence-corrected chi connectivity index (χ2v) is 10.8. The third-order valence-electron chi connectivity index (χ3n) is 8.01. The van der Waals surface area contributed by atoms with E-state index in [1.165, 1.54) is 38.5 Å². The van der Waals surface area contributed by atoms with Gasteiger partial charge in [-0.2, -0.15) is 0 Å². The molecule has 4 saturated carbocycles. The van der Waals surface area contributed by atoms with E-state index >= 15 is 0 Å². The Kier molecular flexibility index (Phi) is 6.99. The van der Waals surface area contributed by atoms with Crippen LogP contribution >= 0.6 is 0 Å². The van der Waals surface area contributed by atoms with Crippen molar-refractivity contribution in [3.63, 3.8) is 0 Å². The van der Waals surface area contributed by atoms with Crippen LogP contribution in [-0.4, -0.2) is 24.6 Å². The van der Waals surface area contributed by atoms with E-state index in [0.717, 1.165) is 29.0 Å². The zero-order chi connectivity index (χ0) is 25.1. The molecule has 4 fully saturated rings. The van der Waals surface area contributed by atoms with Crippen LogP contribution in [-0.2, 0) is 16.1 Å². The van der Waals surface area contributed by atoms with Crippen molar-refractivity contribution in [2.75, 3.05) is 11.9 Å². The van der Waals surface area contributed by atoms with Crippen molar-refractivity contribution < 1.29 is 23.9 Å². The molecule has 190 valence electrons. The summed E-state index contributed by atoms with van der Waals surface area (Å²) in [6.07, 6.45) is 7.52. The van der Waals surface area contributed by atoms with Crippen LogP contribution in [0.4, 0.5) is 10.5 Å². The molecule has 2 aromatic carbocycles. The first-order valence-corrected chi connectivity index (χ1v) is 13.0. The molecule has 0 atom stereocenters. The van der Waals surface area contributed by atoms with Crippen LogP contribution in [0.3, 0.4) is 0 Å². The second-order valence-electron chi connectivity index (χ2n) is 10.8. The fourth-order valence-electron chi connectivity index (χ4n) is 7.03. The molecule has 0 heterocycles. The lowest BCUT2D eigenvalue weighted by Gasteiger charge is -2.56. The van der Waals surface area contributed by atoms with Gasteiger partial charge in [0.25, 0.3) is 5.91 Å². The topological polar surface area (TPSA) is 93.7 Å². The van der Waals surface area contributed by atoms with E-state index in [1.54, 1.807) is 31.2 Å². The third-order valence-corrected chi connectivity index (χ3v) is 8.01. The number of para-hydroxylation sites is 1. The quantitative estimate of drug-likeness (QED) is 0.366. The molecule has 2 aromatic rings. The summed E-state index contributed by atoms with van der Waals surface area (Å²) in [6.45, 7) is 2.21. The fourth-order valence-corrected chi connectivity index (χ4v) is 7.03. The minimum atomic E-state index is -0.781. The average Bonchev–Trinajstić information content (AvgIpc) is 2.82. The normalized spacial score (nSPS) is 25.8. The van der Waals surface area contributed by atoms with E-state index in [9.17, 15) is 14.4 Å². The van der Waals surface area contributed by atoms with Gasteiger partial charge in [0.05, 0.1) is 6.61 Å². The highest BCUT2D eigenvalue weighted by Gasteiger charge is 2.51. The predicted octanol–water partition coefficient (Wildman–Crippen LogP) is 5.70. The number of hydrogen-bond donors (Lipinski definition) is 2. The van der Waals surface area contributed by atoms with Crippen LogP contribution in [0, 0.1) is 23.2 Å².